The van der Waals surface area contributed by atoms with E-state index < -0.39 is 0 Å². The van der Waals surface area contributed by atoms with Gasteiger partial charge in [-0.05, 0) is 44.0 Å². The smallest absolute Gasteiger partial charge is 0.209 e. The molecule has 0 spiro atoms. The number of pyridine rings is 2. The highest BCUT2D eigenvalue weighted by atomic mass is 32.1. The maximum atomic E-state index is 4.70. The van der Waals surface area contributed by atoms with Crippen LogP contribution in [0.25, 0.3) is 10.7 Å². The van der Waals surface area contributed by atoms with Crippen molar-refractivity contribution < 1.29 is 0 Å². The lowest BCUT2D eigenvalue weighted by Crippen LogP contribution is -2.23. The molecular formula is C17H17N5S. The van der Waals surface area contributed by atoms with Crippen molar-refractivity contribution >= 4 is 16.5 Å². The second-order valence-corrected chi connectivity index (χ2v) is 6.62. The molecule has 0 N–H and O–H groups in total. The zero-order chi connectivity index (χ0) is 15.6. The first-order valence-corrected chi connectivity index (χ1v) is 8.58. The van der Waals surface area contributed by atoms with Gasteiger partial charge in [0.05, 0.1) is 11.7 Å². The van der Waals surface area contributed by atoms with Crippen LogP contribution in [0.2, 0.25) is 0 Å². The summed E-state index contributed by atoms with van der Waals surface area (Å²) in [5.41, 5.74) is 3.05. The molecule has 3 aromatic rings. The molecule has 3 aromatic heterocycles. The minimum Gasteiger partial charge on any atom is -0.338 e. The average Bonchev–Trinajstić information content (AvgIpc) is 3.25. The van der Waals surface area contributed by atoms with E-state index in [-0.39, 0.29) is 0 Å². The quantitative estimate of drug-likeness (QED) is 0.736. The van der Waals surface area contributed by atoms with E-state index in [1.54, 1.807) is 17.5 Å². The third-order valence-electron chi connectivity index (χ3n) is 4.05. The van der Waals surface area contributed by atoms with Crippen LogP contribution in [-0.2, 0) is 0 Å². The van der Waals surface area contributed by atoms with Gasteiger partial charge in [0.2, 0.25) is 5.13 Å². The highest BCUT2D eigenvalue weighted by molar-refractivity contribution is 7.18. The number of rotatable bonds is 3. The summed E-state index contributed by atoms with van der Waals surface area (Å²) in [7, 11) is 0. The molecule has 1 unspecified atom stereocenters. The third-order valence-corrected chi connectivity index (χ3v) is 5.03. The summed E-state index contributed by atoms with van der Waals surface area (Å²) < 4.78 is 0. The standard InChI is InChI=1S/C17H17N5S/c1-12-6-4-8-13(19-12)15-9-5-11-22(15)17-21-20-16(23-17)14-7-2-3-10-18-14/h2-4,6-8,10,15H,5,9,11H2,1H3. The van der Waals surface area contributed by atoms with E-state index in [1.165, 1.54) is 0 Å². The van der Waals surface area contributed by atoms with Crippen LogP contribution in [0.4, 0.5) is 5.13 Å². The Morgan fingerprint density at radius 1 is 1.13 bits per heavy atom. The van der Waals surface area contributed by atoms with E-state index in [0.29, 0.717) is 6.04 Å². The fraction of sp³-hybridized carbons (Fsp3) is 0.294. The van der Waals surface area contributed by atoms with Gasteiger partial charge < -0.3 is 4.90 Å². The maximum Gasteiger partial charge on any atom is 0.209 e. The minimum atomic E-state index is 0.291. The molecule has 0 aliphatic carbocycles. The number of anilines is 1. The Hall–Kier alpha value is -2.34. The van der Waals surface area contributed by atoms with Crippen molar-refractivity contribution in [2.45, 2.75) is 25.8 Å². The average molecular weight is 323 g/mol. The molecule has 4 heterocycles. The topological polar surface area (TPSA) is 54.8 Å². The van der Waals surface area contributed by atoms with Gasteiger partial charge in [-0.2, -0.15) is 0 Å². The molecule has 1 saturated heterocycles. The van der Waals surface area contributed by atoms with Crippen molar-refractivity contribution in [1.82, 2.24) is 20.2 Å². The number of nitrogens with zero attached hydrogens (tertiary/aromatic N) is 5. The lowest BCUT2D eigenvalue weighted by Gasteiger charge is -2.23. The second kappa shape index (κ2) is 6.04. The maximum absolute atomic E-state index is 4.70. The molecular weight excluding hydrogens is 306 g/mol. The summed E-state index contributed by atoms with van der Waals surface area (Å²) in [5.74, 6) is 0. The molecule has 0 bridgehead atoms. The fourth-order valence-corrected chi connectivity index (χ4v) is 3.87. The van der Waals surface area contributed by atoms with Crippen LogP contribution in [0.3, 0.4) is 0 Å². The van der Waals surface area contributed by atoms with Gasteiger partial charge in [0.25, 0.3) is 0 Å². The van der Waals surface area contributed by atoms with Gasteiger partial charge in [-0.1, -0.05) is 23.5 Å². The van der Waals surface area contributed by atoms with Crippen LogP contribution in [-0.4, -0.2) is 26.7 Å². The van der Waals surface area contributed by atoms with Gasteiger partial charge in [-0.3, -0.25) is 9.97 Å². The highest BCUT2D eigenvalue weighted by Crippen LogP contribution is 2.38. The predicted octanol–water partition coefficient (Wildman–Crippen LogP) is 3.65. The van der Waals surface area contributed by atoms with Gasteiger partial charge in [-0.15, -0.1) is 10.2 Å². The van der Waals surface area contributed by atoms with Crippen LogP contribution in [0.1, 0.15) is 30.3 Å². The molecule has 1 atom stereocenters. The monoisotopic (exact) mass is 323 g/mol. The van der Waals surface area contributed by atoms with Crippen LogP contribution in [0.15, 0.2) is 42.6 Å². The Kier molecular flexibility index (Phi) is 3.75. The van der Waals surface area contributed by atoms with Crippen molar-refractivity contribution in [3.05, 3.63) is 54.0 Å². The molecule has 0 aromatic carbocycles. The Balaban J connectivity index is 1.63. The Morgan fingerprint density at radius 2 is 2.09 bits per heavy atom. The molecule has 116 valence electrons. The lowest BCUT2D eigenvalue weighted by atomic mass is 10.1. The Morgan fingerprint density at radius 3 is 2.91 bits per heavy atom. The first-order chi connectivity index (χ1) is 11.3. The molecule has 4 rings (SSSR count). The Bertz CT molecular complexity index is 802. The normalized spacial score (nSPS) is 17.6. The summed E-state index contributed by atoms with van der Waals surface area (Å²) in [5, 5.41) is 10.5. The fourth-order valence-electron chi connectivity index (χ4n) is 2.98. The van der Waals surface area contributed by atoms with Gasteiger partial charge in [0, 0.05) is 18.4 Å². The zero-order valence-corrected chi connectivity index (χ0v) is 13.7. The molecule has 1 aliphatic rings. The van der Waals surface area contributed by atoms with E-state index in [9.17, 15) is 0 Å². The van der Waals surface area contributed by atoms with Gasteiger partial charge in [0.1, 0.15) is 5.69 Å². The van der Waals surface area contributed by atoms with Crippen LogP contribution < -0.4 is 4.90 Å². The number of hydrogen-bond acceptors (Lipinski definition) is 6. The van der Waals surface area contributed by atoms with Crippen molar-refractivity contribution in [1.29, 1.82) is 0 Å². The van der Waals surface area contributed by atoms with E-state index in [0.717, 1.165) is 46.6 Å². The molecule has 0 saturated carbocycles. The third kappa shape index (κ3) is 2.82. The molecule has 6 heteroatoms. The highest BCUT2D eigenvalue weighted by Gasteiger charge is 2.29. The molecule has 0 radical (unpaired) electrons. The van der Waals surface area contributed by atoms with Crippen LogP contribution in [0.5, 0.6) is 0 Å². The number of hydrogen-bond donors (Lipinski definition) is 0. The molecule has 23 heavy (non-hydrogen) atoms. The molecule has 5 nitrogen and oxygen atoms in total. The van der Waals surface area contributed by atoms with E-state index in [2.05, 4.69) is 32.2 Å². The molecule has 1 fully saturated rings. The summed E-state index contributed by atoms with van der Waals surface area (Å²) >= 11 is 1.60. The minimum absolute atomic E-state index is 0.291. The largest absolute Gasteiger partial charge is 0.338 e. The van der Waals surface area contributed by atoms with Crippen molar-refractivity contribution in [3.8, 4) is 10.7 Å². The predicted molar refractivity (Wildman–Crippen MR) is 91.4 cm³/mol. The summed E-state index contributed by atoms with van der Waals surface area (Å²) in [6.45, 7) is 3.03. The number of aryl methyl sites for hydroxylation is 1. The van der Waals surface area contributed by atoms with Gasteiger partial charge >= 0.3 is 0 Å². The van der Waals surface area contributed by atoms with Crippen molar-refractivity contribution in [2.75, 3.05) is 11.4 Å². The van der Waals surface area contributed by atoms with E-state index in [4.69, 9.17) is 4.98 Å². The first-order valence-electron chi connectivity index (χ1n) is 7.76. The van der Waals surface area contributed by atoms with E-state index >= 15 is 0 Å². The van der Waals surface area contributed by atoms with Gasteiger partial charge in [-0.25, -0.2) is 0 Å². The number of aromatic nitrogens is 4. The molecule has 0 amide bonds. The first kappa shape index (κ1) is 14.3. The molecule has 1 aliphatic heterocycles. The van der Waals surface area contributed by atoms with Crippen LogP contribution >= 0.6 is 11.3 Å². The summed E-state index contributed by atoms with van der Waals surface area (Å²) in [4.78, 5) is 11.4. The summed E-state index contributed by atoms with van der Waals surface area (Å²) in [6, 6.07) is 12.4. The van der Waals surface area contributed by atoms with Crippen molar-refractivity contribution in [2.24, 2.45) is 0 Å². The second-order valence-electron chi connectivity index (χ2n) is 5.66. The van der Waals surface area contributed by atoms with Gasteiger partial charge in [0.15, 0.2) is 5.01 Å². The lowest BCUT2D eigenvalue weighted by molar-refractivity contribution is 0.687. The Labute approximate surface area is 139 Å². The SMILES string of the molecule is Cc1cccc(C2CCCN2c2nnc(-c3ccccn3)s2)n1. The summed E-state index contributed by atoms with van der Waals surface area (Å²) in [6.07, 6.45) is 4.04. The zero-order valence-electron chi connectivity index (χ0n) is 12.9. The van der Waals surface area contributed by atoms with Crippen molar-refractivity contribution in [3.63, 3.8) is 0 Å². The van der Waals surface area contributed by atoms with E-state index in [1.807, 2.05) is 31.2 Å². The van der Waals surface area contributed by atoms with Crippen LogP contribution in [0, 0.1) is 6.92 Å².